The van der Waals surface area contributed by atoms with E-state index in [4.69, 9.17) is 10.5 Å². The second-order valence-electron chi connectivity index (χ2n) is 4.97. The Labute approximate surface area is 159 Å². The van der Waals surface area contributed by atoms with Gasteiger partial charge >= 0.3 is 0 Å². The molecule has 0 aromatic heterocycles. The Bertz CT molecular complexity index is 806. The first kappa shape index (κ1) is 20.2. The van der Waals surface area contributed by atoms with Crippen LogP contribution in [0.4, 0.5) is 5.69 Å². The number of guanidine groups is 1. The maximum Gasteiger partial charge on any atom is 0.193 e. The zero-order valence-electron chi connectivity index (χ0n) is 13.4. The lowest BCUT2D eigenvalue weighted by molar-refractivity contribution is 0.415. The molecule has 0 saturated carbocycles. The summed E-state index contributed by atoms with van der Waals surface area (Å²) in [6.07, 6.45) is 1.18. The Morgan fingerprint density at radius 2 is 1.88 bits per heavy atom. The number of hydrogen-bond donors (Lipinski definition) is 2. The summed E-state index contributed by atoms with van der Waals surface area (Å²) in [5.74, 6) is 0.990. The van der Waals surface area contributed by atoms with Gasteiger partial charge < -0.3 is 15.8 Å². The van der Waals surface area contributed by atoms with Crippen molar-refractivity contribution in [3.05, 3.63) is 54.1 Å². The highest BCUT2D eigenvalue weighted by Crippen LogP contribution is 2.16. The summed E-state index contributed by atoms with van der Waals surface area (Å²) >= 11 is 0. The van der Waals surface area contributed by atoms with Crippen LogP contribution in [0.5, 0.6) is 5.75 Å². The van der Waals surface area contributed by atoms with Crippen molar-refractivity contribution >= 4 is 45.5 Å². The van der Waals surface area contributed by atoms with E-state index in [1.807, 2.05) is 24.3 Å². The third-order valence-corrected chi connectivity index (χ3v) is 4.25. The topological polar surface area (TPSA) is 93.8 Å². The average Bonchev–Trinajstić information content (AvgIpc) is 2.52. The van der Waals surface area contributed by atoms with Gasteiger partial charge in [-0.2, -0.15) is 0 Å². The largest absolute Gasteiger partial charge is 0.497 e. The highest BCUT2D eigenvalue weighted by atomic mass is 127. The van der Waals surface area contributed by atoms with Crippen LogP contribution in [-0.2, 0) is 16.4 Å². The maximum absolute atomic E-state index is 11.4. The minimum Gasteiger partial charge on any atom is -0.497 e. The fourth-order valence-electron chi connectivity index (χ4n) is 1.91. The van der Waals surface area contributed by atoms with Crippen LogP contribution in [0, 0.1) is 0 Å². The monoisotopic (exact) mass is 461 g/mol. The van der Waals surface area contributed by atoms with E-state index in [2.05, 4.69) is 10.3 Å². The molecule has 0 fully saturated rings. The molecule has 2 rings (SSSR count). The normalized spacial score (nSPS) is 11.5. The summed E-state index contributed by atoms with van der Waals surface area (Å²) in [4.78, 5) is 4.51. The van der Waals surface area contributed by atoms with E-state index in [0.29, 0.717) is 6.54 Å². The van der Waals surface area contributed by atoms with Crippen LogP contribution in [0.25, 0.3) is 0 Å². The van der Waals surface area contributed by atoms with Crippen molar-refractivity contribution in [1.29, 1.82) is 0 Å². The van der Waals surface area contributed by atoms with Gasteiger partial charge in [0.2, 0.25) is 0 Å². The van der Waals surface area contributed by atoms with Crippen molar-refractivity contribution in [1.82, 2.24) is 0 Å². The lowest BCUT2D eigenvalue weighted by Crippen LogP contribution is -2.22. The van der Waals surface area contributed by atoms with Crippen molar-refractivity contribution in [2.24, 2.45) is 10.7 Å². The summed E-state index contributed by atoms with van der Waals surface area (Å²) in [7, 11) is -1.59. The number of ether oxygens (including phenoxy) is 1. The van der Waals surface area contributed by atoms with E-state index in [9.17, 15) is 8.42 Å². The Hall–Kier alpha value is -1.81. The summed E-state index contributed by atoms with van der Waals surface area (Å²) < 4.78 is 27.9. The second-order valence-corrected chi connectivity index (χ2v) is 6.99. The molecule has 3 N–H and O–H groups in total. The fourth-order valence-corrected chi connectivity index (χ4v) is 2.54. The van der Waals surface area contributed by atoms with Gasteiger partial charge in [0, 0.05) is 18.0 Å². The maximum atomic E-state index is 11.4. The Balaban J connectivity index is 0.00000288. The molecule has 0 saturated heterocycles. The zero-order valence-corrected chi connectivity index (χ0v) is 16.5. The van der Waals surface area contributed by atoms with Gasteiger partial charge in [0.15, 0.2) is 15.8 Å². The van der Waals surface area contributed by atoms with Crippen molar-refractivity contribution in [2.75, 3.05) is 18.7 Å². The van der Waals surface area contributed by atoms with Gasteiger partial charge in [-0.05, 0) is 29.8 Å². The SMILES string of the molecule is COc1cccc(NC(N)=NCc2ccc(S(C)(=O)=O)cc2)c1.I. The Kier molecular flexibility index (Phi) is 7.49. The summed E-state index contributed by atoms with van der Waals surface area (Å²) in [5.41, 5.74) is 7.49. The van der Waals surface area contributed by atoms with Crippen LogP contribution in [0.2, 0.25) is 0 Å². The van der Waals surface area contributed by atoms with E-state index in [0.717, 1.165) is 17.0 Å². The fraction of sp³-hybridized carbons (Fsp3) is 0.188. The molecule has 0 heterocycles. The van der Waals surface area contributed by atoms with Crippen molar-refractivity contribution in [3.63, 3.8) is 0 Å². The first-order valence-electron chi connectivity index (χ1n) is 6.88. The molecule has 0 radical (unpaired) electrons. The molecule has 8 heteroatoms. The van der Waals surface area contributed by atoms with E-state index in [1.165, 1.54) is 6.26 Å². The van der Waals surface area contributed by atoms with Gasteiger partial charge in [0.05, 0.1) is 18.6 Å². The molecule has 0 spiro atoms. The number of aliphatic imine (C=N–C) groups is 1. The number of halogens is 1. The number of hydrogen-bond acceptors (Lipinski definition) is 4. The van der Waals surface area contributed by atoms with Gasteiger partial charge in [-0.1, -0.05) is 18.2 Å². The van der Waals surface area contributed by atoms with Crippen molar-refractivity contribution in [2.45, 2.75) is 11.4 Å². The molecule has 0 aliphatic rings. The third kappa shape index (κ3) is 6.00. The molecule has 0 aliphatic heterocycles. The molecule has 2 aromatic carbocycles. The van der Waals surface area contributed by atoms with Crippen LogP contribution in [-0.4, -0.2) is 27.7 Å². The van der Waals surface area contributed by atoms with Crippen LogP contribution >= 0.6 is 24.0 Å². The molecule has 0 aliphatic carbocycles. The second kappa shape index (κ2) is 8.88. The zero-order chi connectivity index (χ0) is 16.9. The van der Waals surface area contributed by atoms with Crippen LogP contribution in [0.1, 0.15) is 5.56 Å². The van der Waals surface area contributed by atoms with Crippen molar-refractivity contribution < 1.29 is 13.2 Å². The lowest BCUT2D eigenvalue weighted by atomic mass is 10.2. The lowest BCUT2D eigenvalue weighted by Gasteiger charge is -2.07. The van der Waals surface area contributed by atoms with E-state index >= 15 is 0 Å². The predicted molar refractivity (Wildman–Crippen MR) is 107 cm³/mol. The molecule has 0 atom stereocenters. The Morgan fingerprint density at radius 3 is 2.46 bits per heavy atom. The number of nitrogens with one attached hydrogen (secondary N) is 1. The van der Waals surface area contributed by atoms with Crippen LogP contribution in [0.15, 0.2) is 58.4 Å². The molecule has 24 heavy (non-hydrogen) atoms. The minimum absolute atomic E-state index is 0. The minimum atomic E-state index is -3.18. The first-order valence-corrected chi connectivity index (χ1v) is 8.77. The highest BCUT2D eigenvalue weighted by molar-refractivity contribution is 14.0. The summed E-state index contributed by atoms with van der Waals surface area (Å²) in [5, 5.41) is 2.97. The molecule has 0 bridgehead atoms. The van der Waals surface area contributed by atoms with E-state index in [-0.39, 0.29) is 34.8 Å². The molecule has 2 aromatic rings. The highest BCUT2D eigenvalue weighted by Gasteiger charge is 2.05. The summed E-state index contributed by atoms with van der Waals surface area (Å²) in [6.45, 7) is 0.354. The molecule has 0 amide bonds. The van der Waals surface area contributed by atoms with Gasteiger partial charge in [-0.3, -0.25) is 0 Å². The number of rotatable bonds is 5. The van der Waals surface area contributed by atoms with Crippen LogP contribution in [0.3, 0.4) is 0 Å². The number of nitrogens with zero attached hydrogens (tertiary/aromatic N) is 1. The molecule has 0 unspecified atom stereocenters. The molecular formula is C16H20IN3O3S. The van der Waals surface area contributed by atoms with E-state index in [1.54, 1.807) is 31.4 Å². The average molecular weight is 461 g/mol. The quantitative estimate of drug-likeness (QED) is 0.406. The van der Waals surface area contributed by atoms with E-state index < -0.39 is 9.84 Å². The molecule has 130 valence electrons. The first-order chi connectivity index (χ1) is 10.9. The standard InChI is InChI=1S/C16H19N3O3S.HI/c1-22-14-5-3-4-13(10-14)19-16(17)18-11-12-6-8-15(9-7-12)23(2,20)21;/h3-10H,11H2,1-2H3,(H3,17,18,19);1H. The Morgan fingerprint density at radius 1 is 1.21 bits per heavy atom. The van der Waals surface area contributed by atoms with Crippen LogP contribution < -0.4 is 15.8 Å². The smallest absolute Gasteiger partial charge is 0.193 e. The third-order valence-electron chi connectivity index (χ3n) is 3.13. The molecular weight excluding hydrogens is 441 g/mol. The van der Waals surface area contributed by atoms with Gasteiger partial charge in [0.25, 0.3) is 0 Å². The number of benzene rings is 2. The number of methoxy groups -OCH3 is 1. The predicted octanol–water partition coefficient (Wildman–Crippen LogP) is 2.64. The van der Waals surface area contributed by atoms with Gasteiger partial charge in [-0.15, -0.1) is 24.0 Å². The van der Waals surface area contributed by atoms with Gasteiger partial charge in [0.1, 0.15) is 5.75 Å². The van der Waals surface area contributed by atoms with Gasteiger partial charge in [-0.25, -0.2) is 13.4 Å². The summed E-state index contributed by atoms with van der Waals surface area (Å²) in [6, 6.07) is 13.9. The molecule has 6 nitrogen and oxygen atoms in total. The number of sulfone groups is 1. The number of anilines is 1. The van der Waals surface area contributed by atoms with Crippen molar-refractivity contribution in [3.8, 4) is 5.75 Å². The number of nitrogens with two attached hydrogens (primary N) is 1.